The second-order valence-corrected chi connectivity index (χ2v) is 6.37. The molecule has 1 rings (SSSR count). The van der Waals surface area contributed by atoms with Crippen molar-refractivity contribution >= 4 is 35.2 Å². The fourth-order valence-electron chi connectivity index (χ4n) is 1.96. The van der Waals surface area contributed by atoms with Gasteiger partial charge >= 0.3 is 12.3 Å². The SMILES string of the molecule is CC(/C=C/c1c(Cl)cc(OC(F)(F)F)c(C)c1Cl)=C\C=C\C(C)=C\C(=O)O. The average Bonchev–Trinajstić information content (AvgIpc) is 2.50. The van der Waals surface area contributed by atoms with E-state index in [1.807, 2.05) is 0 Å². The Morgan fingerprint density at radius 2 is 1.81 bits per heavy atom. The monoisotopic (exact) mass is 420 g/mol. The quantitative estimate of drug-likeness (QED) is 0.409. The highest BCUT2D eigenvalue weighted by molar-refractivity contribution is 6.38. The third kappa shape index (κ3) is 7.93. The summed E-state index contributed by atoms with van der Waals surface area (Å²) in [4.78, 5) is 10.5. The van der Waals surface area contributed by atoms with E-state index in [-0.39, 0.29) is 15.6 Å². The number of hydrogen-bond donors (Lipinski definition) is 1. The summed E-state index contributed by atoms with van der Waals surface area (Å²) in [6, 6.07) is 1.06. The van der Waals surface area contributed by atoms with Gasteiger partial charge in [0.05, 0.1) is 10.0 Å². The highest BCUT2D eigenvalue weighted by Crippen LogP contribution is 2.38. The number of aliphatic carboxylic acids is 1. The maximum atomic E-state index is 12.4. The topological polar surface area (TPSA) is 46.5 Å². The van der Waals surface area contributed by atoms with Crippen molar-refractivity contribution in [1.82, 2.24) is 0 Å². The van der Waals surface area contributed by atoms with Gasteiger partial charge in [-0.1, -0.05) is 59.2 Å². The number of carboxylic acid groups (broad SMARTS) is 1. The number of halogens is 5. The lowest BCUT2D eigenvalue weighted by atomic mass is 10.1. The summed E-state index contributed by atoms with van der Waals surface area (Å²) < 4.78 is 41.2. The molecule has 0 radical (unpaired) electrons. The molecular weight excluding hydrogens is 404 g/mol. The first-order chi connectivity index (χ1) is 12.4. The summed E-state index contributed by atoms with van der Waals surface area (Å²) in [6.07, 6.45) is 4.51. The zero-order valence-electron chi connectivity index (χ0n) is 14.7. The first-order valence-electron chi connectivity index (χ1n) is 7.59. The second-order valence-electron chi connectivity index (χ2n) is 5.59. The van der Waals surface area contributed by atoms with Gasteiger partial charge in [-0.15, -0.1) is 13.2 Å². The fourth-order valence-corrected chi connectivity index (χ4v) is 2.53. The van der Waals surface area contributed by atoms with Crippen LogP contribution < -0.4 is 4.74 Å². The van der Waals surface area contributed by atoms with Crippen LogP contribution in [0.25, 0.3) is 6.08 Å². The number of rotatable bonds is 6. The summed E-state index contributed by atoms with van der Waals surface area (Å²) in [5.41, 5.74) is 1.84. The van der Waals surface area contributed by atoms with Crippen molar-refractivity contribution in [2.75, 3.05) is 0 Å². The predicted molar refractivity (Wildman–Crippen MR) is 101 cm³/mol. The number of alkyl halides is 3. The van der Waals surface area contributed by atoms with Crippen LogP contribution in [-0.2, 0) is 4.79 Å². The number of benzene rings is 1. The van der Waals surface area contributed by atoms with E-state index in [1.54, 1.807) is 44.2 Å². The largest absolute Gasteiger partial charge is 0.573 e. The van der Waals surface area contributed by atoms with E-state index in [9.17, 15) is 18.0 Å². The average molecular weight is 421 g/mol. The number of carbonyl (C=O) groups is 1. The Morgan fingerprint density at radius 3 is 2.37 bits per heavy atom. The minimum absolute atomic E-state index is 0.0182. The third-order valence-electron chi connectivity index (χ3n) is 3.26. The zero-order chi connectivity index (χ0) is 20.8. The Labute approximate surface area is 165 Å². The summed E-state index contributed by atoms with van der Waals surface area (Å²) in [6.45, 7) is 4.84. The van der Waals surface area contributed by atoms with E-state index in [2.05, 4.69) is 4.74 Å². The van der Waals surface area contributed by atoms with Crippen LogP contribution in [-0.4, -0.2) is 17.4 Å². The van der Waals surface area contributed by atoms with Crippen molar-refractivity contribution in [2.45, 2.75) is 27.1 Å². The Balaban J connectivity index is 3.04. The summed E-state index contributed by atoms with van der Waals surface area (Å²) in [5, 5.41) is 8.70. The number of hydrogen-bond acceptors (Lipinski definition) is 2. The van der Waals surface area contributed by atoms with E-state index >= 15 is 0 Å². The highest BCUT2D eigenvalue weighted by atomic mass is 35.5. The maximum absolute atomic E-state index is 12.4. The molecular formula is C19H17Cl2F3O3. The van der Waals surface area contributed by atoms with Crippen molar-refractivity contribution in [3.8, 4) is 5.75 Å². The van der Waals surface area contributed by atoms with Crippen LogP contribution in [0.3, 0.4) is 0 Å². The molecule has 0 aromatic heterocycles. The maximum Gasteiger partial charge on any atom is 0.573 e. The molecule has 0 saturated heterocycles. The van der Waals surface area contributed by atoms with Crippen LogP contribution in [0, 0.1) is 6.92 Å². The molecule has 1 aromatic rings. The van der Waals surface area contributed by atoms with E-state index in [0.717, 1.165) is 17.7 Å². The van der Waals surface area contributed by atoms with E-state index in [0.29, 0.717) is 11.1 Å². The number of allylic oxidation sites excluding steroid dienone is 6. The first kappa shape index (κ1) is 22.9. The van der Waals surface area contributed by atoms with Gasteiger partial charge in [-0.25, -0.2) is 4.79 Å². The standard InChI is InChI=1S/C19H17Cl2F3O3/c1-11(5-4-6-12(2)9-17(25)26)7-8-14-15(20)10-16(13(3)18(14)21)27-19(22,23)24/h4-10H,1-3H3,(H,25,26)/b6-4+,8-7+,11-5+,12-9+. The molecule has 0 heterocycles. The predicted octanol–water partition coefficient (Wildman–Crippen LogP) is 6.75. The van der Waals surface area contributed by atoms with Gasteiger partial charge in [-0.2, -0.15) is 0 Å². The van der Waals surface area contributed by atoms with Gasteiger partial charge in [0, 0.05) is 23.3 Å². The summed E-state index contributed by atoms with van der Waals surface area (Å²) in [7, 11) is 0. The first-order valence-corrected chi connectivity index (χ1v) is 8.35. The fraction of sp³-hybridized carbons (Fsp3) is 0.211. The van der Waals surface area contributed by atoms with Gasteiger partial charge < -0.3 is 9.84 Å². The minimum Gasteiger partial charge on any atom is -0.478 e. The van der Waals surface area contributed by atoms with Gasteiger partial charge in [0.2, 0.25) is 0 Å². The van der Waals surface area contributed by atoms with Gasteiger partial charge in [-0.3, -0.25) is 0 Å². The number of ether oxygens (including phenoxy) is 1. The van der Waals surface area contributed by atoms with Crippen molar-refractivity contribution < 1.29 is 27.8 Å². The lowest BCUT2D eigenvalue weighted by molar-refractivity contribution is -0.274. The van der Waals surface area contributed by atoms with Crippen molar-refractivity contribution in [3.05, 3.63) is 68.8 Å². The second kappa shape index (κ2) is 9.67. The Morgan fingerprint density at radius 1 is 1.19 bits per heavy atom. The molecule has 0 atom stereocenters. The minimum atomic E-state index is -4.84. The lowest BCUT2D eigenvalue weighted by Gasteiger charge is -2.14. The van der Waals surface area contributed by atoms with Gasteiger partial charge in [-0.05, 0) is 26.3 Å². The Bertz CT molecular complexity index is 836. The van der Waals surface area contributed by atoms with Crippen LogP contribution >= 0.6 is 23.2 Å². The van der Waals surface area contributed by atoms with Crippen molar-refractivity contribution in [1.29, 1.82) is 0 Å². The van der Waals surface area contributed by atoms with Gasteiger partial charge in [0.1, 0.15) is 5.75 Å². The Hall–Kier alpha value is -2.18. The van der Waals surface area contributed by atoms with E-state index in [1.165, 1.54) is 6.92 Å². The molecule has 1 aromatic carbocycles. The third-order valence-corrected chi connectivity index (χ3v) is 4.06. The molecule has 146 valence electrons. The van der Waals surface area contributed by atoms with Gasteiger partial charge in [0.15, 0.2) is 0 Å². The smallest absolute Gasteiger partial charge is 0.478 e. The molecule has 0 aliphatic heterocycles. The molecule has 0 bridgehead atoms. The molecule has 8 heteroatoms. The van der Waals surface area contributed by atoms with E-state index < -0.39 is 18.1 Å². The van der Waals surface area contributed by atoms with Crippen molar-refractivity contribution in [2.24, 2.45) is 0 Å². The molecule has 0 spiro atoms. The van der Waals surface area contributed by atoms with Crippen molar-refractivity contribution in [3.63, 3.8) is 0 Å². The molecule has 0 aliphatic rings. The van der Waals surface area contributed by atoms with Crippen LogP contribution in [0.4, 0.5) is 13.2 Å². The molecule has 3 nitrogen and oxygen atoms in total. The van der Waals surface area contributed by atoms with Crippen LogP contribution in [0.2, 0.25) is 10.0 Å². The molecule has 0 unspecified atom stereocenters. The van der Waals surface area contributed by atoms with Crippen LogP contribution in [0.1, 0.15) is 25.0 Å². The molecule has 27 heavy (non-hydrogen) atoms. The van der Waals surface area contributed by atoms with Gasteiger partial charge in [0.25, 0.3) is 0 Å². The molecule has 1 N–H and O–H groups in total. The highest BCUT2D eigenvalue weighted by Gasteiger charge is 2.32. The molecule has 0 saturated carbocycles. The molecule has 0 aliphatic carbocycles. The van der Waals surface area contributed by atoms with Crippen LogP contribution in [0.5, 0.6) is 5.75 Å². The zero-order valence-corrected chi connectivity index (χ0v) is 16.2. The summed E-state index contributed by atoms with van der Waals surface area (Å²) in [5.74, 6) is -1.49. The molecule has 0 amide bonds. The van der Waals surface area contributed by atoms with Crippen LogP contribution in [0.15, 0.2) is 47.6 Å². The summed E-state index contributed by atoms with van der Waals surface area (Å²) >= 11 is 12.2. The molecule has 0 fully saturated rings. The Kier molecular flexibility index (Phi) is 8.19. The number of carboxylic acids is 1. The van der Waals surface area contributed by atoms with E-state index in [4.69, 9.17) is 28.3 Å². The normalized spacial score (nSPS) is 13.6. The lowest BCUT2D eigenvalue weighted by Crippen LogP contribution is -2.18.